The molecule has 1 nitrogen and oxygen atoms in total. The molecule has 0 spiro atoms. The SMILES string of the molecule is CCCCCCC(=O)c1c(F)cc(-c2ccc(C3CCC4(CCCCC)CCCC3C4)cc2)cc1F. The van der Waals surface area contributed by atoms with E-state index in [0.29, 0.717) is 23.3 Å². The minimum absolute atomic E-state index is 0.199. The number of fused-ring (bicyclic) bond motifs is 2. The fourth-order valence-electron chi connectivity index (χ4n) is 7.07. The Morgan fingerprint density at radius 1 is 0.861 bits per heavy atom. The summed E-state index contributed by atoms with van der Waals surface area (Å²) in [6.45, 7) is 4.38. The Labute approximate surface area is 217 Å². The highest BCUT2D eigenvalue weighted by Crippen LogP contribution is 2.56. The van der Waals surface area contributed by atoms with E-state index >= 15 is 0 Å². The Morgan fingerprint density at radius 3 is 2.25 bits per heavy atom. The summed E-state index contributed by atoms with van der Waals surface area (Å²) in [6.07, 6.45) is 17.4. The van der Waals surface area contributed by atoms with E-state index in [9.17, 15) is 13.6 Å². The molecule has 0 saturated heterocycles. The summed E-state index contributed by atoms with van der Waals surface area (Å²) in [5.74, 6) is -0.567. The van der Waals surface area contributed by atoms with E-state index in [0.717, 1.165) is 30.7 Å². The molecule has 0 N–H and O–H groups in total. The van der Waals surface area contributed by atoms with Gasteiger partial charge < -0.3 is 0 Å². The molecule has 36 heavy (non-hydrogen) atoms. The largest absolute Gasteiger partial charge is 0.294 e. The predicted octanol–water partition coefficient (Wildman–Crippen LogP) is 10.4. The van der Waals surface area contributed by atoms with Crippen LogP contribution in [-0.4, -0.2) is 5.78 Å². The van der Waals surface area contributed by atoms with Crippen molar-refractivity contribution in [1.82, 2.24) is 0 Å². The van der Waals surface area contributed by atoms with Crippen molar-refractivity contribution in [2.75, 3.05) is 0 Å². The number of Topliss-reactive ketones (excluding diaryl/α,β-unsaturated/α-hetero) is 1. The number of carbonyl (C=O) groups is 1. The molecule has 2 bridgehead atoms. The number of hydrogen-bond acceptors (Lipinski definition) is 1. The van der Waals surface area contributed by atoms with Crippen LogP contribution in [0.5, 0.6) is 0 Å². The number of carbonyl (C=O) groups excluding carboxylic acids is 1. The van der Waals surface area contributed by atoms with E-state index in [2.05, 4.69) is 26.0 Å². The van der Waals surface area contributed by atoms with Gasteiger partial charge in [-0.25, -0.2) is 8.78 Å². The van der Waals surface area contributed by atoms with E-state index < -0.39 is 17.4 Å². The van der Waals surface area contributed by atoms with Gasteiger partial charge in [-0.05, 0) is 91.0 Å². The lowest BCUT2D eigenvalue weighted by Crippen LogP contribution is -2.36. The fraction of sp³-hybridized carbons (Fsp3) is 0.606. The van der Waals surface area contributed by atoms with Crippen molar-refractivity contribution in [2.24, 2.45) is 11.3 Å². The standard InChI is InChI=1S/C33H44F2O/c1-3-5-7-8-12-31(36)32-29(34)21-27(22-30(32)35)24-13-15-25(16-14-24)28-17-20-33(18-9-6-4-2)19-10-11-26(28)23-33/h13-16,21-22,26,28H,3-12,17-20,23H2,1-2H3. The minimum Gasteiger partial charge on any atom is -0.294 e. The lowest BCUT2D eigenvalue weighted by atomic mass is 9.56. The van der Waals surface area contributed by atoms with Crippen molar-refractivity contribution >= 4 is 5.78 Å². The van der Waals surface area contributed by atoms with Gasteiger partial charge in [0.05, 0.1) is 5.56 Å². The lowest BCUT2D eigenvalue weighted by Gasteiger charge is -2.49. The number of ketones is 1. The number of benzene rings is 2. The quantitative estimate of drug-likeness (QED) is 0.212. The van der Waals surface area contributed by atoms with Crippen molar-refractivity contribution in [1.29, 1.82) is 0 Å². The van der Waals surface area contributed by atoms with Crippen molar-refractivity contribution in [2.45, 2.75) is 116 Å². The first-order valence-electron chi connectivity index (χ1n) is 14.6. The second-order valence-electron chi connectivity index (χ2n) is 11.6. The Bertz CT molecular complexity index is 988. The zero-order valence-electron chi connectivity index (χ0n) is 22.4. The fourth-order valence-corrected chi connectivity index (χ4v) is 7.07. The van der Waals surface area contributed by atoms with Crippen LogP contribution in [0.15, 0.2) is 36.4 Å². The maximum absolute atomic E-state index is 14.8. The number of rotatable bonds is 12. The minimum atomic E-state index is -0.747. The van der Waals surface area contributed by atoms with Crippen LogP contribution in [0.3, 0.4) is 0 Å². The van der Waals surface area contributed by atoms with Gasteiger partial charge in [0, 0.05) is 6.42 Å². The van der Waals surface area contributed by atoms with E-state index in [1.165, 1.54) is 81.9 Å². The predicted molar refractivity (Wildman–Crippen MR) is 145 cm³/mol. The summed E-state index contributed by atoms with van der Waals surface area (Å²) >= 11 is 0. The third kappa shape index (κ3) is 6.26. The molecule has 2 fully saturated rings. The molecule has 3 unspecified atom stereocenters. The Balaban J connectivity index is 1.43. The number of hydrogen-bond donors (Lipinski definition) is 0. The molecule has 2 aromatic carbocycles. The average Bonchev–Trinajstić information content (AvgIpc) is 2.87. The highest BCUT2D eigenvalue weighted by atomic mass is 19.1. The van der Waals surface area contributed by atoms with Crippen LogP contribution in [0.2, 0.25) is 0 Å². The number of unbranched alkanes of at least 4 members (excludes halogenated alkanes) is 5. The first-order valence-corrected chi connectivity index (χ1v) is 14.6. The summed E-state index contributed by atoms with van der Waals surface area (Å²) in [4.78, 5) is 12.4. The lowest BCUT2D eigenvalue weighted by molar-refractivity contribution is 0.0502. The molecule has 0 radical (unpaired) electrons. The molecule has 0 aliphatic heterocycles. The van der Waals surface area contributed by atoms with Gasteiger partial charge in [0.2, 0.25) is 0 Å². The smallest absolute Gasteiger partial charge is 0.168 e. The van der Waals surface area contributed by atoms with Crippen molar-refractivity contribution < 1.29 is 13.6 Å². The van der Waals surface area contributed by atoms with Crippen molar-refractivity contribution in [3.05, 3.63) is 59.2 Å². The summed E-state index contributed by atoms with van der Waals surface area (Å²) in [5.41, 5.74) is 2.86. The average molecular weight is 495 g/mol. The molecule has 2 aliphatic carbocycles. The maximum Gasteiger partial charge on any atom is 0.168 e. The molecule has 0 amide bonds. The third-order valence-electron chi connectivity index (χ3n) is 9.09. The van der Waals surface area contributed by atoms with E-state index in [1.54, 1.807) is 0 Å². The van der Waals surface area contributed by atoms with Gasteiger partial charge in [0.1, 0.15) is 11.6 Å². The molecule has 2 saturated carbocycles. The van der Waals surface area contributed by atoms with Crippen LogP contribution in [0, 0.1) is 23.0 Å². The second-order valence-corrected chi connectivity index (χ2v) is 11.6. The van der Waals surface area contributed by atoms with Crippen LogP contribution in [0.4, 0.5) is 8.78 Å². The van der Waals surface area contributed by atoms with Crippen LogP contribution >= 0.6 is 0 Å². The Kier molecular flexibility index (Phi) is 9.36. The van der Waals surface area contributed by atoms with Gasteiger partial charge in [-0.15, -0.1) is 0 Å². The van der Waals surface area contributed by atoms with Gasteiger partial charge in [0.15, 0.2) is 5.78 Å². The molecule has 2 aliphatic rings. The molecule has 3 atom stereocenters. The van der Waals surface area contributed by atoms with Gasteiger partial charge in [-0.3, -0.25) is 4.79 Å². The monoisotopic (exact) mass is 494 g/mol. The molecule has 3 heteroatoms. The van der Waals surface area contributed by atoms with Gasteiger partial charge in [-0.1, -0.05) is 83.1 Å². The zero-order valence-corrected chi connectivity index (χ0v) is 22.4. The second kappa shape index (κ2) is 12.5. The molecular weight excluding hydrogens is 450 g/mol. The summed E-state index contributed by atoms with van der Waals surface area (Å²) in [5, 5.41) is 0. The summed E-state index contributed by atoms with van der Waals surface area (Å²) in [6, 6.07) is 11.0. The molecule has 4 rings (SSSR count). The van der Waals surface area contributed by atoms with Crippen LogP contribution in [0.1, 0.15) is 132 Å². The van der Waals surface area contributed by atoms with Crippen LogP contribution in [-0.2, 0) is 0 Å². The third-order valence-corrected chi connectivity index (χ3v) is 9.09. The van der Waals surface area contributed by atoms with Gasteiger partial charge >= 0.3 is 0 Å². The first-order chi connectivity index (χ1) is 17.5. The molecule has 196 valence electrons. The topological polar surface area (TPSA) is 17.1 Å². The number of halogens is 2. The zero-order chi connectivity index (χ0) is 25.5. The first kappa shape index (κ1) is 27.0. The normalized spacial score (nSPS) is 23.6. The summed E-state index contributed by atoms with van der Waals surface area (Å²) in [7, 11) is 0. The van der Waals surface area contributed by atoms with Crippen molar-refractivity contribution in [3.63, 3.8) is 0 Å². The maximum atomic E-state index is 14.8. The summed E-state index contributed by atoms with van der Waals surface area (Å²) < 4.78 is 29.6. The molecular formula is C33H44F2O. The highest BCUT2D eigenvalue weighted by molar-refractivity contribution is 5.97. The van der Waals surface area contributed by atoms with E-state index in [-0.39, 0.29) is 12.0 Å². The Morgan fingerprint density at radius 2 is 1.56 bits per heavy atom. The van der Waals surface area contributed by atoms with Crippen molar-refractivity contribution in [3.8, 4) is 11.1 Å². The van der Waals surface area contributed by atoms with Gasteiger partial charge in [0.25, 0.3) is 0 Å². The van der Waals surface area contributed by atoms with Crippen LogP contribution in [0.25, 0.3) is 11.1 Å². The Hall–Kier alpha value is -2.03. The highest BCUT2D eigenvalue weighted by Gasteiger charge is 2.43. The molecule has 2 aromatic rings. The van der Waals surface area contributed by atoms with E-state index in [1.807, 2.05) is 12.1 Å². The molecule has 0 aromatic heterocycles. The van der Waals surface area contributed by atoms with Crippen LogP contribution < -0.4 is 0 Å². The molecule has 0 heterocycles. The van der Waals surface area contributed by atoms with Gasteiger partial charge in [-0.2, -0.15) is 0 Å². The van der Waals surface area contributed by atoms with E-state index in [4.69, 9.17) is 0 Å².